The molecular formula is C23H31ClN4O4. The summed E-state index contributed by atoms with van der Waals surface area (Å²) < 4.78 is 0. The molecule has 174 valence electrons. The number of nitrogens with zero attached hydrogens (tertiary/aromatic N) is 3. The van der Waals surface area contributed by atoms with Crippen molar-refractivity contribution in [2.24, 2.45) is 5.41 Å². The molecule has 32 heavy (non-hydrogen) atoms. The van der Waals surface area contributed by atoms with Crippen molar-refractivity contribution in [2.45, 2.75) is 51.2 Å². The molecule has 2 atom stereocenters. The van der Waals surface area contributed by atoms with E-state index >= 15 is 0 Å². The van der Waals surface area contributed by atoms with E-state index in [1.54, 1.807) is 41.0 Å². The largest absolute Gasteiger partial charge is 0.391 e. The van der Waals surface area contributed by atoms with Gasteiger partial charge < -0.3 is 25.1 Å². The summed E-state index contributed by atoms with van der Waals surface area (Å²) in [5, 5.41) is 13.6. The van der Waals surface area contributed by atoms with Gasteiger partial charge >= 0.3 is 6.03 Å². The van der Waals surface area contributed by atoms with E-state index in [2.05, 4.69) is 5.32 Å². The van der Waals surface area contributed by atoms with Crippen molar-refractivity contribution >= 4 is 35.1 Å². The van der Waals surface area contributed by atoms with Crippen LogP contribution in [-0.2, 0) is 9.59 Å². The molecule has 4 rings (SSSR count). The molecule has 1 aromatic rings. The number of hydrogen-bond acceptors (Lipinski definition) is 4. The minimum atomic E-state index is -0.578. The molecule has 2 aliphatic heterocycles. The molecule has 2 unspecified atom stereocenters. The van der Waals surface area contributed by atoms with Gasteiger partial charge in [-0.15, -0.1) is 0 Å². The second-order valence-corrected chi connectivity index (χ2v) is 9.64. The first kappa shape index (κ1) is 22.9. The summed E-state index contributed by atoms with van der Waals surface area (Å²) in [7, 11) is 0. The number of β-amino-alcohol motifs (C(OH)–C–C–N with tert-alkyl or cyclic N) is 1. The Kier molecular flexibility index (Phi) is 6.62. The number of hydrogen-bond donors (Lipinski definition) is 2. The van der Waals surface area contributed by atoms with Gasteiger partial charge in [0.1, 0.15) is 6.04 Å². The number of amides is 4. The molecule has 1 saturated carbocycles. The maximum absolute atomic E-state index is 12.8. The SMILES string of the molecule is CC1C(=O)N(CCCC(=O)N2CCC3(CC3)C(O)C2)CCN1C(=O)Nc1cccc(Cl)c1. The summed E-state index contributed by atoms with van der Waals surface area (Å²) in [6.07, 6.45) is 3.54. The summed E-state index contributed by atoms with van der Waals surface area (Å²) in [6.45, 7) is 4.21. The van der Waals surface area contributed by atoms with Crippen LogP contribution in [-0.4, -0.2) is 82.5 Å². The van der Waals surface area contributed by atoms with Crippen LogP contribution in [0, 0.1) is 5.41 Å². The first-order chi connectivity index (χ1) is 15.3. The van der Waals surface area contributed by atoms with E-state index in [1.807, 2.05) is 0 Å². The second kappa shape index (κ2) is 9.27. The fraction of sp³-hybridized carbons (Fsp3) is 0.609. The fourth-order valence-electron chi connectivity index (χ4n) is 4.76. The summed E-state index contributed by atoms with van der Waals surface area (Å²) in [4.78, 5) is 43.0. The normalized spacial score (nSPS) is 24.6. The van der Waals surface area contributed by atoms with E-state index in [0.29, 0.717) is 56.3 Å². The Bertz CT molecular complexity index is 891. The van der Waals surface area contributed by atoms with Crippen molar-refractivity contribution in [3.63, 3.8) is 0 Å². The first-order valence-electron chi connectivity index (χ1n) is 11.4. The lowest BCUT2D eigenvalue weighted by Gasteiger charge is -2.39. The van der Waals surface area contributed by atoms with Crippen LogP contribution in [0.1, 0.15) is 39.0 Å². The zero-order chi connectivity index (χ0) is 22.9. The smallest absolute Gasteiger partial charge is 0.322 e. The van der Waals surface area contributed by atoms with Crippen LogP contribution in [0.3, 0.4) is 0 Å². The van der Waals surface area contributed by atoms with Crippen LogP contribution >= 0.6 is 11.6 Å². The zero-order valence-electron chi connectivity index (χ0n) is 18.4. The molecule has 2 saturated heterocycles. The molecule has 2 heterocycles. The highest BCUT2D eigenvalue weighted by molar-refractivity contribution is 6.30. The van der Waals surface area contributed by atoms with Gasteiger partial charge in [0, 0.05) is 49.9 Å². The van der Waals surface area contributed by atoms with Gasteiger partial charge in [-0.3, -0.25) is 9.59 Å². The van der Waals surface area contributed by atoms with Gasteiger partial charge in [-0.05, 0) is 56.2 Å². The van der Waals surface area contributed by atoms with Crippen molar-refractivity contribution < 1.29 is 19.5 Å². The van der Waals surface area contributed by atoms with Crippen molar-refractivity contribution in [1.29, 1.82) is 0 Å². The molecule has 0 aromatic heterocycles. The average molecular weight is 463 g/mol. The molecule has 0 bridgehead atoms. The molecule has 0 radical (unpaired) electrons. The molecule has 2 N–H and O–H groups in total. The van der Waals surface area contributed by atoms with Gasteiger partial charge in [-0.25, -0.2) is 4.79 Å². The van der Waals surface area contributed by atoms with E-state index in [4.69, 9.17) is 11.6 Å². The Morgan fingerprint density at radius 3 is 2.69 bits per heavy atom. The summed E-state index contributed by atoms with van der Waals surface area (Å²) in [6, 6.07) is 5.97. The number of urea groups is 1. The van der Waals surface area contributed by atoms with Gasteiger partial charge in [0.15, 0.2) is 0 Å². The lowest BCUT2D eigenvalue weighted by atomic mass is 9.90. The first-order valence-corrected chi connectivity index (χ1v) is 11.7. The Hall–Kier alpha value is -2.32. The van der Waals surface area contributed by atoms with Crippen LogP contribution in [0.15, 0.2) is 24.3 Å². The Morgan fingerprint density at radius 1 is 1.22 bits per heavy atom. The highest BCUT2D eigenvalue weighted by Gasteiger charge is 2.51. The summed E-state index contributed by atoms with van der Waals surface area (Å²) in [5.74, 6) is -0.0754. The number of likely N-dealkylation sites (tertiary alicyclic amines) is 1. The number of aliphatic hydroxyl groups excluding tert-OH is 1. The maximum Gasteiger partial charge on any atom is 0.322 e. The van der Waals surface area contributed by atoms with Crippen LogP contribution in [0.5, 0.6) is 0 Å². The standard InChI is InChI=1S/C23H31ClN4O4/c1-16-21(31)26(12-13-28(16)22(32)25-18-5-2-4-17(24)14-18)10-3-6-20(30)27-11-9-23(7-8-23)19(29)15-27/h2,4-5,14,16,19,29H,3,6-13,15H2,1H3,(H,25,32). The molecule has 1 aliphatic carbocycles. The minimum Gasteiger partial charge on any atom is -0.391 e. The highest BCUT2D eigenvalue weighted by Crippen LogP contribution is 2.53. The van der Waals surface area contributed by atoms with Crippen LogP contribution in [0.4, 0.5) is 10.5 Å². The third-order valence-corrected chi connectivity index (χ3v) is 7.36. The Morgan fingerprint density at radius 2 is 2.00 bits per heavy atom. The lowest BCUT2D eigenvalue weighted by molar-refractivity contribution is -0.140. The van der Waals surface area contributed by atoms with Crippen LogP contribution < -0.4 is 5.32 Å². The number of piperidine rings is 1. The molecule has 1 aromatic carbocycles. The predicted molar refractivity (Wildman–Crippen MR) is 121 cm³/mol. The van der Waals surface area contributed by atoms with Crippen molar-refractivity contribution in [3.05, 3.63) is 29.3 Å². The minimum absolute atomic E-state index is 0.0413. The van der Waals surface area contributed by atoms with E-state index in [9.17, 15) is 19.5 Å². The van der Waals surface area contributed by atoms with Crippen molar-refractivity contribution in [2.75, 3.05) is 38.0 Å². The van der Waals surface area contributed by atoms with E-state index in [-0.39, 0.29) is 23.3 Å². The molecule has 1 spiro atoms. The third kappa shape index (κ3) is 4.86. The zero-order valence-corrected chi connectivity index (χ0v) is 19.2. The number of rotatable bonds is 5. The molecule has 4 amide bonds. The number of nitrogens with one attached hydrogen (secondary N) is 1. The van der Waals surface area contributed by atoms with E-state index < -0.39 is 12.1 Å². The summed E-state index contributed by atoms with van der Waals surface area (Å²) in [5.41, 5.74) is 0.663. The number of carbonyl (C=O) groups excluding carboxylic acids is 3. The predicted octanol–water partition coefficient (Wildman–Crippen LogP) is 2.56. The fourth-order valence-corrected chi connectivity index (χ4v) is 4.95. The van der Waals surface area contributed by atoms with E-state index in [0.717, 1.165) is 19.3 Å². The van der Waals surface area contributed by atoms with E-state index in [1.165, 1.54) is 4.90 Å². The Labute approximate surface area is 193 Å². The molecule has 3 aliphatic rings. The number of halogens is 1. The molecule has 8 nitrogen and oxygen atoms in total. The Balaban J connectivity index is 1.22. The third-order valence-electron chi connectivity index (χ3n) is 7.13. The number of piperazine rings is 1. The number of aliphatic hydroxyl groups is 1. The number of carbonyl (C=O) groups is 3. The van der Waals surface area contributed by atoms with Crippen LogP contribution in [0.2, 0.25) is 5.02 Å². The molecule has 3 fully saturated rings. The number of benzene rings is 1. The number of anilines is 1. The topological polar surface area (TPSA) is 93.2 Å². The van der Waals surface area contributed by atoms with Crippen LogP contribution in [0.25, 0.3) is 0 Å². The molecule has 9 heteroatoms. The highest BCUT2D eigenvalue weighted by atomic mass is 35.5. The molecular weight excluding hydrogens is 432 g/mol. The van der Waals surface area contributed by atoms with Gasteiger partial charge in [0.05, 0.1) is 6.10 Å². The average Bonchev–Trinajstić information content (AvgIpc) is 3.54. The lowest BCUT2D eigenvalue weighted by Crippen LogP contribution is -2.58. The van der Waals surface area contributed by atoms with Crippen molar-refractivity contribution in [3.8, 4) is 0 Å². The second-order valence-electron chi connectivity index (χ2n) is 9.21. The van der Waals surface area contributed by atoms with Gasteiger partial charge in [-0.1, -0.05) is 17.7 Å². The van der Waals surface area contributed by atoms with Gasteiger partial charge in [0.2, 0.25) is 11.8 Å². The quantitative estimate of drug-likeness (QED) is 0.703. The van der Waals surface area contributed by atoms with Gasteiger partial charge in [0.25, 0.3) is 0 Å². The monoisotopic (exact) mass is 462 g/mol. The van der Waals surface area contributed by atoms with Crippen molar-refractivity contribution in [1.82, 2.24) is 14.7 Å². The van der Waals surface area contributed by atoms with Gasteiger partial charge in [-0.2, -0.15) is 0 Å². The summed E-state index contributed by atoms with van der Waals surface area (Å²) >= 11 is 5.96. The maximum atomic E-state index is 12.8.